The van der Waals surface area contributed by atoms with Crippen molar-refractivity contribution in [2.75, 3.05) is 6.61 Å². The zero-order valence-electron chi connectivity index (χ0n) is 13.9. The second-order valence-electron chi connectivity index (χ2n) is 6.30. The Morgan fingerprint density at radius 2 is 1.88 bits per heavy atom. The summed E-state index contributed by atoms with van der Waals surface area (Å²) in [6, 6.07) is 5.58. The normalized spacial score (nSPS) is 18.6. The first-order valence-electron chi connectivity index (χ1n) is 8.31. The summed E-state index contributed by atoms with van der Waals surface area (Å²) < 4.78 is 4.88. The number of urea groups is 1. The van der Waals surface area contributed by atoms with Crippen LogP contribution < -0.4 is 10.7 Å². The van der Waals surface area contributed by atoms with E-state index in [4.69, 9.17) is 16.3 Å². The highest BCUT2D eigenvalue weighted by molar-refractivity contribution is 6.33. The van der Waals surface area contributed by atoms with Crippen molar-refractivity contribution >= 4 is 35.4 Å². The van der Waals surface area contributed by atoms with Crippen LogP contribution in [0.15, 0.2) is 24.3 Å². The van der Waals surface area contributed by atoms with Gasteiger partial charge >= 0.3 is 12.0 Å². The number of amides is 4. The van der Waals surface area contributed by atoms with Gasteiger partial charge in [-0.25, -0.2) is 9.59 Å². The second kappa shape index (κ2) is 7.33. The first-order valence-corrected chi connectivity index (χ1v) is 8.69. The molecule has 26 heavy (non-hydrogen) atoms. The predicted molar refractivity (Wildman–Crippen MR) is 91.1 cm³/mol. The zero-order chi connectivity index (χ0) is 18.7. The molecule has 2 fully saturated rings. The highest BCUT2D eigenvalue weighted by Gasteiger charge is 2.52. The predicted octanol–water partition coefficient (Wildman–Crippen LogP) is 1.78. The van der Waals surface area contributed by atoms with Crippen LogP contribution in [0.25, 0.3) is 0 Å². The van der Waals surface area contributed by atoms with E-state index in [0.717, 1.165) is 19.3 Å². The van der Waals surface area contributed by atoms with E-state index in [-0.39, 0.29) is 10.6 Å². The number of halogens is 1. The van der Waals surface area contributed by atoms with Gasteiger partial charge in [-0.2, -0.15) is 5.01 Å². The van der Waals surface area contributed by atoms with Gasteiger partial charge in [-0.05, 0) is 25.0 Å². The molecule has 1 saturated heterocycles. The molecule has 4 amide bonds. The fourth-order valence-electron chi connectivity index (χ4n) is 3.21. The number of benzene rings is 1. The monoisotopic (exact) mass is 379 g/mol. The highest BCUT2D eigenvalue weighted by Crippen LogP contribution is 2.32. The lowest BCUT2D eigenvalue weighted by atomic mass is 9.82. The number of nitrogens with zero attached hydrogens (tertiary/aromatic N) is 1. The van der Waals surface area contributed by atoms with Gasteiger partial charge in [-0.3, -0.25) is 15.0 Å². The molecular formula is C17H18ClN3O5. The Labute approximate surface area is 154 Å². The van der Waals surface area contributed by atoms with Crippen LogP contribution in [0.4, 0.5) is 4.79 Å². The number of carbonyl (C=O) groups excluding carboxylic acids is 4. The molecule has 1 saturated carbocycles. The number of hydrogen-bond acceptors (Lipinski definition) is 5. The average Bonchev–Trinajstić information content (AvgIpc) is 2.85. The summed E-state index contributed by atoms with van der Waals surface area (Å²) in [5, 5.41) is 3.53. The van der Waals surface area contributed by atoms with E-state index in [9.17, 15) is 19.2 Å². The summed E-state index contributed by atoms with van der Waals surface area (Å²) in [4.78, 5) is 48.5. The molecule has 0 aromatic heterocycles. The quantitative estimate of drug-likeness (QED) is 0.613. The van der Waals surface area contributed by atoms with Gasteiger partial charge < -0.3 is 10.1 Å². The fourth-order valence-corrected chi connectivity index (χ4v) is 3.42. The van der Waals surface area contributed by atoms with E-state index < -0.39 is 36.0 Å². The number of hydrazine groups is 1. The van der Waals surface area contributed by atoms with E-state index in [0.29, 0.717) is 17.9 Å². The van der Waals surface area contributed by atoms with Gasteiger partial charge in [0.2, 0.25) is 0 Å². The van der Waals surface area contributed by atoms with Crippen molar-refractivity contribution in [3.05, 3.63) is 34.9 Å². The second-order valence-corrected chi connectivity index (χ2v) is 6.71. The molecule has 2 aliphatic rings. The first-order chi connectivity index (χ1) is 12.4. The van der Waals surface area contributed by atoms with Crippen LogP contribution in [0.2, 0.25) is 5.02 Å². The number of imide groups is 1. The molecule has 1 aromatic carbocycles. The third kappa shape index (κ3) is 3.50. The molecule has 3 rings (SSSR count). The van der Waals surface area contributed by atoms with E-state index in [1.807, 2.05) is 0 Å². The number of hydrogen-bond donors (Lipinski definition) is 2. The van der Waals surface area contributed by atoms with Crippen LogP contribution in [0, 0.1) is 0 Å². The molecule has 8 nitrogen and oxygen atoms in total. The van der Waals surface area contributed by atoms with E-state index in [1.165, 1.54) is 12.1 Å². The smallest absolute Gasteiger partial charge is 0.344 e. The van der Waals surface area contributed by atoms with Crippen LogP contribution in [-0.4, -0.2) is 41.0 Å². The summed E-state index contributed by atoms with van der Waals surface area (Å²) in [6.07, 6.45) is 3.78. The highest BCUT2D eigenvalue weighted by atomic mass is 35.5. The van der Waals surface area contributed by atoms with Crippen molar-refractivity contribution in [3.8, 4) is 0 Å². The molecule has 0 unspecified atom stereocenters. The number of rotatable bonds is 4. The van der Waals surface area contributed by atoms with E-state index >= 15 is 0 Å². The van der Waals surface area contributed by atoms with Crippen molar-refractivity contribution < 1.29 is 23.9 Å². The van der Waals surface area contributed by atoms with Gasteiger partial charge in [0.15, 0.2) is 6.61 Å². The third-order valence-corrected chi connectivity index (χ3v) is 4.86. The zero-order valence-corrected chi connectivity index (χ0v) is 14.7. The maximum Gasteiger partial charge on any atom is 0.344 e. The van der Waals surface area contributed by atoms with Gasteiger partial charge in [-0.1, -0.05) is 43.0 Å². The minimum absolute atomic E-state index is 0.123. The molecule has 9 heteroatoms. The first kappa shape index (κ1) is 18.2. The molecule has 138 valence electrons. The van der Waals surface area contributed by atoms with Crippen LogP contribution in [-0.2, 0) is 14.3 Å². The fraction of sp³-hybridized carbons (Fsp3) is 0.412. The van der Waals surface area contributed by atoms with Crippen molar-refractivity contribution in [1.29, 1.82) is 0 Å². The summed E-state index contributed by atoms with van der Waals surface area (Å²) in [7, 11) is 0. The van der Waals surface area contributed by atoms with Crippen molar-refractivity contribution in [1.82, 2.24) is 15.8 Å². The Kier molecular flexibility index (Phi) is 5.13. The number of esters is 1. The Morgan fingerprint density at radius 1 is 1.19 bits per heavy atom. The molecule has 1 spiro atoms. The van der Waals surface area contributed by atoms with Crippen LogP contribution in [0.3, 0.4) is 0 Å². The standard InChI is InChI=1S/C17H18ClN3O5/c18-12-7-3-2-6-11(12)14(23)26-10-13(22)20-21-15(24)17(19-16(21)25)8-4-1-5-9-17/h2-3,6-7H,1,4-5,8-10H2,(H,19,25)(H,20,22). The SMILES string of the molecule is O=C(COC(=O)c1ccccc1Cl)NN1C(=O)NC2(CCCCC2)C1=O. The topological polar surface area (TPSA) is 105 Å². The van der Waals surface area contributed by atoms with Gasteiger partial charge in [-0.15, -0.1) is 0 Å². The minimum Gasteiger partial charge on any atom is -0.452 e. The molecule has 1 heterocycles. The van der Waals surface area contributed by atoms with Gasteiger partial charge in [0.05, 0.1) is 10.6 Å². The molecule has 2 N–H and O–H groups in total. The Morgan fingerprint density at radius 3 is 2.58 bits per heavy atom. The summed E-state index contributed by atoms with van der Waals surface area (Å²) >= 11 is 5.89. The molecular weight excluding hydrogens is 362 g/mol. The largest absolute Gasteiger partial charge is 0.452 e. The van der Waals surface area contributed by atoms with E-state index in [2.05, 4.69) is 10.7 Å². The molecule has 0 radical (unpaired) electrons. The summed E-state index contributed by atoms with van der Waals surface area (Å²) in [5.74, 6) is -2.04. The lowest BCUT2D eigenvalue weighted by Crippen LogP contribution is -2.51. The minimum atomic E-state index is -0.934. The van der Waals surface area contributed by atoms with Gasteiger partial charge in [0.25, 0.3) is 11.8 Å². The molecule has 1 aliphatic heterocycles. The van der Waals surface area contributed by atoms with E-state index in [1.54, 1.807) is 12.1 Å². The van der Waals surface area contributed by atoms with Crippen molar-refractivity contribution in [2.45, 2.75) is 37.6 Å². The molecule has 1 aromatic rings. The van der Waals surface area contributed by atoms with Crippen LogP contribution in [0.5, 0.6) is 0 Å². The van der Waals surface area contributed by atoms with Gasteiger partial charge in [0, 0.05) is 0 Å². The maximum atomic E-state index is 12.5. The lowest BCUT2D eigenvalue weighted by Gasteiger charge is -2.30. The van der Waals surface area contributed by atoms with Crippen molar-refractivity contribution in [2.24, 2.45) is 0 Å². The Balaban J connectivity index is 1.56. The molecule has 0 atom stereocenters. The summed E-state index contributed by atoms with van der Waals surface area (Å²) in [5.41, 5.74) is 1.38. The Bertz CT molecular complexity index is 761. The summed E-state index contributed by atoms with van der Waals surface area (Å²) in [6.45, 7) is -0.645. The maximum absolute atomic E-state index is 12.5. The Hall–Kier alpha value is -2.61. The van der Waals surface area contributed by atoms with Crippen molar-refractivity contribution in [3.63, 3.8) is 0 Å². The van der Waals surface area contributed by atoms with Crippen LogP contribution in [0.1, 0.15) is 42.5 Å². The molecule has 0 bridgehead atoms. The number of carbonyl (C=O) groups is 4. The number of ether oxygens (including phenoxy) is 1. The third-order valence-electron chi connectivity index (χ3n) is 4.53. The van der Waals surface area contributed by atoms with Crippen LogP contribution >= 0.6 is 11.6 Å². The average molecular weight is 380 g/mol. The lowest BCUT2D eigenvalue weighted by molar-refractivity contribution is -0.140. The number of nitrogens with one attached hydrogen (secondary N) is 2. The molecule has 1 aliphatic carbocycles. The van der Waals surface area contributed by atoms with Gasteiger partial charge in [0.1, 0.15) is 5.54 Å².